The fraction of sp³-hybridized carbons (Fsp3) is 0.269. The molecule has 0 aliphatic carbocycles. The van der Waals surface area contributed by atoms with Gasteiger partial charge in [0.05, 0.1) is 47.9 Å². The maximum absolute atomic E-state index is 10.9. The van der Waals surface area contributed by atoms with Crippen LogP contribution in [0.5, 0.6) is 0 Å². The molecule has 0 bridgehead atoms. The normalized spacial score (nSPS) is 11.9. The molecule has 184 valence electrons. The van der Waals surface area contributed by atoms with Gasteiger partial charge in [-0.1, -0.05) is 39.0 Å². The van der Waals surface area contributed by atoms with E-state index in [-0.39, 0.29) is 24.3 Å². The predicted octanol–water partition coefficient (Wildman–Crippen LogP) is 3.53. The van der Waals surface area contributed by atoms with Gasteiger partial charge < -0.3 is 16.3 Å². The fourth-order valence-electron chi connectivity index (χ4n) is 3.21. The number of aliphatic carboxylic acids is 1. The number of hydrazone groups is 1. The molecule has 3 rings (SSSR count). The minimum atomic E-state index is -0.943. The van der Waals surface area contributed by atoms with Crippen LogP contribution in [-0.2, 0) is 16.8 Å². The van der Waals surface area contributed by atoms with Gasteiger partial charge >= 0.3 is 5.97 Å². The highest BCUT2D eigenvalue weighted by molar-refractivity contribution is 6.37. The van der Waals surface area contributed by atoms with E-state index < -0.39 is 5.97 Å². The number of aliphatic imine (C=N–C) groups is 1. The largest absolute Gasteiger partial charge is 0.481 e. The molecule has 0 fully saturated rings. The van der Waals surface area contributed by atoms with E-state index in [1.54, 1.807) is 24.3 Å². The lowest BCUT2D eigenvalue weighted by molar-refractivity contribution is -0.136. The van der Waals surface area contributed by atoms with Crippen LogP contribution in [0.4, 0.5) is 5.95 Å². The SMILES string of the molecule is CC(C)(C)c1cccc(CN=C/C(=N\N)c2cc(-c3cccc(C#N)c3)nc(NCCC(=O)O)n2)n1. The van der Waals surface area contributed by atoms with E-state index in [4.69, 9.17) is 10.9 Å². The van der Waals surface area contributed by atoms with Gasteiger partial charge in [0, 0.05) is 23.2 Å². The van der Waals surface area contributed by atoms with Gasteiger partial charge in [0.2, 0.25) is 5.95 Å². The van der Waals surface area contributed by atoms with Gasteiger partial charge in [-0.2, -0.15) is 10.4 Å². The van der Waals surface area contributed by atoms with Crippen molar-refractivity contribution in [2.45, 2.75) is 39.2 Å². The summed E-state index contributed by atoms with van der Waals surface area (Å²) in [5.74, 6) is 4.93. The molecule has 0 aliphatic rings. The molecular weight excluding hydrogens is 456 g/mol. The summed E-state index contributed by atoms with van der Waals surface area (Å²) in [6.07, 6.45) is 1.41. The summed E-state index contributed by atoms with van der Waals surface area (Å²) in [6.45, 7) is 6.76. The van der Waals surface area contributed by atoms with Crippen LogP contribution in [0, 0.1) is 11.3 Å². The zero-order valence-corrected chi connectivity index (χ0v) is 20.4. The van der Waals surface area contributed by atoms with Gasteiger partial charge in [-0.15, -0.1) is 0 Å². The van der Waals surface area contributed by atoms with Crippen molar-refractivity contribution in [3.8, 4) is 17.3 Å². The van der Waals surface area contributed by atoms with Crippen LogP contribution < -0.4 is 11.2 Å². The van der Waals surface area contributed by atoms with Gasteiger partial charge in [-0.25, -0.2) is 9.97 Å². The van der Waals surface area contributed by atoms with Crippen molar-refractivity contribution in [1.29, 1.82) is 5.26 Å². The van der Waals surface area contributed by atoms with E-state index in [1.165, 1.54) is 6.21 Å². The number of nitrogens with two attached hydrogens (primary N) is 1. The van der Waals surface area contributed by atoms with E-state index >= 15 is 0 Å². The fourth-order valence-corrected chi connectivity index (χ4v) is 3.21. The molecule has 0 spiro atoms. The van der Waals surface area contributed by atoms with E-state index in [9.17, 15) is 10.1 Å². The van der Waals surface area contributed by atoms with Gasteiger partial charge in [0.25, 0.3) is 0 Å². The van der Waals surface area contributed by atoms with Crippen molar-refractivity contribution in [3.05, 3.63) is 71.2 Å². The second-order valence-corrected chi connectivity index (χ2v) is 8.97. The summed E-state index contributed by atoms with van der Waals surface area (Å²) >= 11 is 0. The summed E-state index contributed by atoms with van der Waals surface area (Å²) < 4.78 is 0. The molecule has 4 N–H and O–H groups in total. The zero-order valence-electron chi connectivity index (χ0n) is 20.4. The Morgan fingerprint density at radius 3 is 2.64 bits per heavy atom. The first-order valence-electron chi connectivity index (χ1n) is 11.3. The zero-order chi connectivity index (χ0) is 26.1. The Hall–Kier alpha value is -4.65. The molecule has 10 heteroatoms. The molecule has 2 aromatic heterocycles. The Bertz CT molecular complexity index is 1340. The average Bonchev–Trinajstić information content (AvgIpc) is 2.86. The highest BCUT2D eigenvalue weighted by Crippen LogP contribution is 2.22. The van der Waals surface area contributed by atoms with Crippen LogP contribution in [0.2, 0.25) is 0 Å². The summed E-state index contributed by atoms with van der Waals surface area (Å²) in [6, 6.07) is 16.6. The van der Waals surface area contributed by atoms with Crippen LogP contribution in [0.1, 0.15) is 49.8 Å². The molecule has 0 saturated carbocycles. The third-order valence-corrected chi connectivity index (χ3v) is 5.08. The lowest BCUT2D eigenvalue weighted by Crippen LogP contribution is -2.15. The second-order valence-electron chi connectivity index (χ2n) is 8.97. The number of hydrogen-bond donors (Lipinski definition) is 3. The maximum Gasteiger partial charge on any atom is 0.305 e. The Balaban J connectivity index is 1.91. The summed E-state index contributed by atoms with van der Waals surface area (Å²) in [7, 11) is 0. The molecule has 36 heavy (non-hydrogen) atoms. The first-order chi connectivity index (χ1) is 17.2. The molecule has 3 aromatic rings. The number of nitrogens with one attached hydrogen (secondary N) is 1. The predicted molar refractivity (Wildman–Crippen MR) is 139 cm³/mol. The van der Waals surface area contributed by atoms with Crippen LogP contribution in [-0.4, -0.2) is 44.5 Å². The molecule has 10 nitrogen and oxygen atoms in total. The maximum atomic E-state index is 10.9. The van der Waals surface area contributed by atoms with Crippen molar-refractivity contribution in [1.82, 2.24) is 15.0 Å². The Morgan fingerprint density at radius 1 is 1.17 bits per heavy atom. The second kappa shape index (κ2) is 11.7. The lowest BCUT2D eigenvalue weighted by atomic mass is 9.91. The number of pyridine rings is 1. The van der Waals surface area contributed by atoms with Gasteiger partial charge in [0.15, 0.2) is 0 Å². The Morgan fingerprint density at radius 2 is 1.94 bits per heavy atom. The van der Waals surface area contributed by atoms with Crippen LogP contribution in [0.3, 0.4) is 0 Å². The van der Waals surface area contributed by atoms with Gasteiger partial charge in [0.1, 0.15) is 5.71 Å². The highest BCUT2D eigenvalue weighted by atomic mass is 16.4. The van der Waals surface area contributed by atoms with Crippen LogP contribution >= 0.6 is 0 Å². The van der Waals surface area contributed by atoms with Crippen LogP contribution in [0.15, 0.2) is 58.6 Å². The highest BCUT2D eigenvalue weighted by Gasteiger charge is 2.15. The van der Waals surface area contributed by atoms with Crippen molar-refractivity contribution < 1.29 is 9.90 Å². The molecule has 1 aromatic carbocycles. The van der Waals surface area contributed by atoms with E-state index in [1.807, 2.05) is 24.3 Å². The van der Waals surface area contributed by atoms with Crippen molar-refractivity contribution in [2.24, 2.45) is 15.9 Å². The minimum absolute atomic E-state index is 0.0755. The number of nitriles is 1. The third kappa shape index (κ3) is 7.17. The summed E-state index contributed by atoms with van der Waals surface area (Å²) in [4.78, 5) is 29.0. The number of carbonyl (C=O) groups is 1. The molecule has 0 radical (unpaired) electrons. The number of carboxylic acid groups (broad SMARTS) is 1. The lowest BCUT2D eigenvalue weighted by Gasteiger charge is -2.17. The van der Waals surface area contributed by atoms with Crippen molar-refractivity contribution >= 4 is 23.8 Å². The van der Waals surface area contributed by atoms with E-state index in [2.05, 4.69) is 57.2 Å². The van der Waals surface area contributed by atoms with E-state index in [0.717, 1.165) is 11.4 Å². The number of nitrogens with zero attached hydrogens (tertiary/aromatic N) is 6. The van der Waals surface area contributed by atoms with Gasteiger partial charge in [-0.05, 0) is 30.3 Å². The first kappa shape index (κ1) is 26.0. The van der Waals surface area contributed by atoms with Crippen molar-refractivity contribution in [2.75, 3.05) is 11.9 Å². The quantitative estimate of drug-likeness (QED) is 0.236. The number of carboxylic acids is 1. The molecular formula is C26H28N8O2. The topological polar surface area (TPSA) is 163 Å². The summed E-state index contributed by atoms with van der Waals surface area (Å²) in [5, 5.41) is 25.0. The number of benzene rings is 1. The Labute approximate surface area is 209 Å². The molecule has 0 saturated heterocycles. The van der Waals surface area contributed by atoms with E-state index in [0.29, 0.717) is 34.8 Å². The third-order valence-electron chi connectivity index (χ3n) is 5.08. The standard InChI is InChI=1S/C26H28N8O2/c1-26(2,3)23-9-5-8-19(31-23)15-29-16-22(34-28)21-13-20(18-7-4-6-17(12-18)14-27)32-25(33-21)30-11-10-24(35)36/h4-9,12-13,16H,10-11,15,28H2,1-3H3,(H,35,36)(H,30,32,33)/b29-16?,34-22+. The van der Waals surface area contributed by atoms with Crippen molar-refractivity contribution in [3.63, 3.8) is 0 Å². The number of anilines is 1. The molecule has 0 unspecified atom stereocenters. The average molecular weight is 485 g/mol. The summed E-state index contributed by atoms with van der Waals surface area (Å²) in [5.41, 5.74) is 4.09. The number of hydrogen-bond acceptors (Lipinski definition) is 9. The molecule has 0 atom stereocenters. The molecule has 0 amide bonds. The minimum Gasteiger partial charge on any atom is -0.481 e. The molecule has 0 aliphatic heterocycles. The van der Waals surface area contributed by atoms with Gasteiger partial charge in [-0.3, -0.25) is 14.8 Å². The Kier molecular flexibility index (Phi) is 8.41. The first-order valence-corrected chi connectivity index (χ1v) is 11.3. The monoisotopic (exact) mass is 484 g/mol. The number of aromatic nitrogens is 3. The van der Waals surface area contributed by atoms with Crippen LogP contribution in [0.25, 0.3) is 11.3 Å². The number of rotatable bonds is 9. The molecule has 2 heterocycles. The smallest absolute Gasteiger partial charge is 0.305 e.